The molecule has 0 aliphatic carbocycles. The Hall–Kier alpha value is -2.53. The summed E-state index contributed by atoms with van der Waals surface area (Å²) in [6.45, 7) is 0. The third-order valence-electron chi connectivity index (χ3n) is 3.15. The van der Waals surface area contributed by atoms with E-state index in [-0.39, 0.29) is 10.8 Å². The SMILES string of the molecule is NC(=S)c1cnc2ccccc2c1Nc1ccc(F)cc1. The molecular formula is C16H12FN3S. The average molecular weight is 297 g/mol. The van der Waals surface area contributed by atoms with Crippen LogP contribution in [0.1, 0.15) is 5.56 Å². The topological polar surface area (TPSA) is 50.9 Å². The molecule has 21 heavy (non-hydrogen) atoms. The molecule has 0 radical (unpaired) electrons. The van der Waals surface area contributed by atoms with E-state index in [4.69, 9.17) is 18.0 Å². The summed E-state index contributed by atoms with van der Waals surface area (Å²) in [6.07, 6.45) is 1.65. The number of rotatable bonds is 3. The van der Waals surface area contributed by atoms with Gasteiger partial charge in [0.1, 0.15) is 10.8 Å². The number of thiocarbonyl (C=S) groups is 1. The molecule has 3 aromatic rings. The fourth-order valence-corrected chi connectivity index (χ4v) is 2.30. The summed E-state index contributed by atoms with van der Waals surface area (Å²) in [7, 11) is 0. The smallest absolute Gasteiger partial charge is 0.123 e. The highest BCUT2D eigenvalue weighted by atomic mass is 32.1. The van der Waals surface area contributed by atoms with Crippen LogP contribution in [0.3, 0.4) is 0 Å². The molecule has 104 valence electrons. The van der Waals surface area contributed by atoms with Gasteiger partial charge >= 0.3 is 0 Å². The first-order chi connectivity index (χ1) is 10.1. The van der Waals surface area contributed by atoms with Crippen LogP contribution in [0.2, 0.25) is 0 Å². The van der Waals surface area contributed by atoms with Crippen molar-refractivity contribution in [3.05, 3.63) is 66.1 Å². The second kappa shape index (κ2) is 5.46. The van der Waals surface area contributed by atoms with Gasteiger partial charge in [0.25, 0.3) is 0 Å². The van der Waals surface area contributed by atoms with Crippen molar-refractivity contribution in [2.75, 3.05) is 5.32 Å². The Balaban J connectivity index is 2.16. The fraction of sp³-hybridized carbons (Fsp3) is 0. The number of halogens is 1. The minimum absolute atomic E-state index is 0.262. The zero-order chi connectivity index (χ0) is 14.8. The summed E-state index contributed by atoms with van der Waals surface area (Å²) in [4.78, 5) is 4.61. The molecule has 5 heteroatoms. The van der Waals surface area contributed by atoms with E-state index in [1.807, 2.05) is 24.3 Å². The van der Waals surface area contributed by atoms with Crippen molar-refractivity contribution >= 4 is 39.5 Å². The maximum absolute atomic E-state index is 13.0. The highest BCUT2D eigenvalue weighted by molar-refractivity contribution is 7.80. The molecule has 0 atom stereocenters. The molecule has 1 heterocycles. The van der Waals surface area contributed by atoms with Crippen LogP contribution in [-0.2, 0) is 0 Å². The number of hydrogen-bond donors (Lipinski definition) is 2. The van der Waals surface area contributed by atoms with Crippen LogP contribution < -0.4 is 11.1 Å². The molecule has 0 saturated heterocycles. The molecule has 0 amide bonds. The quantitative estimate of drug-likeness (QED) is 0.723. The Labute approximate surface area is 126 Å². The number of pyridine rings is 1. The fourth-order valence-electron chi connectivity index (χ4n) is 2.14. The number of nitrogens with two attached hydrogens (primary N) is 1. The molecule has 3 N–H and O–H groups in total. The van der Waals surface area contributed by atoms with Gasteiger partial charge in [0.15, 0.2) is 0 Å². The molecule has 0 spiro atoms. The Morgan fingerprint density at radius 3 is 2.52 bits per heavy atom. The van der Waals surface area contributed by atoms with Gasteiger partial charge in [-0.2, -0.15) is 0 Å². The Kier molecular flexibility index (Phi) is 3.50. The van der Waals surface area contributed by atoms with E-state index < -0.39 is 0 Å². The van der Waals surface area contributed by atoms with Crippen molar-refractivity contribution in [3.63, 3.8) is 0 Å². The summed E-state index contributed by atoms with van der Waals surface area (Å²) >= 11 is 5.09. The lowest BCUT2D eigenvalue weighted by molar-refractivity contribution is 0.628. The van der Waals surface area contributed by atoms with E-state index in [0.29, 0.717) is 5.56 Å². The van der Waals surface area contributed by atoms with E-state index in [0.717, 1.165) is 22.3 Å². The molecule has 0 fully saturated rings. The van der Waals surface area contributed by atoms with Crippen LogP contribution in [0.4, 0.5) is 15.8 Å². The van der Waals surface area contributed by atoms with Crippen molar-refractivity contribution in [3.8, 4) is 0 Å². The predicted molar refractivity (Wildman–Crippen MR) is 87.3 cm³/mol. The Morgan fingerprint density at radius 2 is 1.81 bits per heavy atom. The molecule has 1 aromatic heterocycles. The van der Waals surface area contributed by atoms with Crippen LogP contribution >= 0.6 is 12.2 Å². The van der Waals surface area contributed by atoms with E-state index in [1.54, 1.807) is 18.3 Å². The lowest BCUT2D eigenvalue weighted by atomic mass is 10.1. The first-order valence-electron chi connectivity index (χ1n) is 6.35. The first-order valence-corrected chi connectivity index (χ1v) is 6.76. The minimum Gasteiger partial charge on any atom is -0.389 e. The monoisotopic (exact) mass is 297 g/mol. The number of anilines is 2. The molecule has 0 unspecified atom stereocenters. The van der Waals surface area contributed by atoms with Gasteiger partial charge < -0.3 is 11.1 Å². The van der Waals surface area contributed by atoms with Crippen molar-refractivity contribution in [2.24, 2.45) is 5.73 Å². The van der Waals surface area contributed by atoms with Gasteiger partial charge in [0, 0.05) is 17.3 Å². The van der Waals surface area contributed by atoms with Gasteiger partial charge in [-0.15, -0.1) is 0 Å². The normalized spacial score (nSPS) is 10.5. The van der Waals surface area contributed by atoms with Crippen LogP contribution in [0, 0.1) is 5.82 Å². The Morgan fingerprint density at radius 1 is 1.10 bits per heavy atom. The van der Waals surface area contributed by atoms with Gasteiger partial charge in [-0.05, 0) is 30.3 Å². The van der Waals surface area contributed by atoms with Crippen molar-refractivity contribution in [1.29, 1.82) is 0 Å². The summed E-state index contributed by atoms with van der Waals surface area (Å²) in [5, 5.41) is 4.16. The second-order valence-corrected chi connectivity index (χ2v) is 5.00. The molecule has 3 nitrogen and oxygen atoms in total. The van der Waals surface area contributed by atoms with Crippen molar-refractivity contribution in [1.82, 2.24) is 4.98 Å². The highest BCUT2D eigenvalue weighted by Gasteiger charge is 2.11. The van der Waals surface area contributed by atoms with Crippen LogP contribution in [0.25, 0.3) is 10.9 Å². The van der Waals surface area contributed by atoms with E-state index >= 15 is 0 Å². The predicted octanol–water partition coefficient (Wildman–Crippen LogP) is 3.75. The van der Waals surface area contributed by atoms with Crippen LogP contribution in [0.5, 0.6) is 0 Å². The van der Waals surface area contributed by atoms with Gasteiger partial charge in [-0.3, -0.25) is 4.98 Å². The van der Waals surface area contributed by atoms with Gasteiger partial charge in [-0.25, -0.2) is 4.39 Å². The van der Waals surface area contributed by atoms with Crippen molar-refractivity contribution < 1.29 is 4.39 Å². The van der Waals surface area contributed by atoms with Crippen LogP contribution in [0.15, 0.2) is 54.7 Å². The average Bonchev–Trinajstić information content (AvgIpc) is 2.49. The molecular weight excluding hydrogens is 285 g/mol. The second-order valence-electron chi connectivity index (χ2n) is 4.56. The first kappa shape index (κ1) is 13.5. The third-order valence-corrected chi connectivity index (χ3v) is 3.37. The molecule has 0 bridgehead atoms. The van der Waals surface area contributed by atoms with E-state index in [1.165, 1.54) is 12.1 Å². The molecule has 0 aliphatic heterocycles. The van der Waals surface area contributed by atoms with Crippen LogP contribution in [-0.4, -0.2) is 9.97 Å². The lowest BCUT2D eigenvalue weighted by Crippen LogP contribution is -2.12. The molecule has 0 saturated carbocycles. The third kappa shape index (κ3) is 2.68. The minimum atomic E-state index is -0.283. The van der Waals surface area contributed by atoms with Gasteiger partial charge in [0.2, 0.25) is 0 Å². The Bertz CT molecular complexity index is 815. The molecule has 2 aromatic carbocycles. The zero-order valence-electron chi connectivity index (χ0n) is 11.0. The molecule has 0 aliphatic rings. The number of nitrogens with one attached hydrogen (secondary N) is 1. The highest BCUT2D eigenvalue weighted by Crippen LogP contribution is 2.29. The number of nitrogens with zero attached hydrogens (tertiary/aromatic N) is 1. The largest absolute Gasteiger partial charge is 0.389 e. The van der Waals surface area contributed by atoms with E-state index in [2.05, 4.69) is 10.3 Å². The standard InChI is InChI=1S/C16H12FN3S/c17-10-5-7-11(8-6-10)20-15-12-3-1-2-4-14(12)19-9-13(15)16(18)21/h1-9H,(H2,18,21)(H,19,20). The number of para-hydroxylation sites is 1. The van der Waals surface area contributed by atoms with Gasteiger partial charge in [-0.1, -0.05) is 30.4 Å². The lowest BCUT2D eigenvalue weighted by Gasteiger charge is -2.14. The summed E-state index contributed by atoms with van der Waals surface area (Å²) in [5.74, 6) is -0.283. The summed E-state index contributed by atoms with van der Waals surface area (Å²) in [6, 6.07) is 13.8. The maximum Gasteiger partial charge on any atom is 0.123 e. The maximum atomic E-state index is 13.0. The number of benzene rings is 2. The van der Waals surface area contributed by atoms with Crippen molar-refractivity contribution in [2.45, 2.75) is 0 Å². The van der Waals surface area contributed by atoms with E-state index in [9.17, 15) is 4.39 Å². The zero-order valence-corrected chi connectivity index (χ0v) is 11.8. The summed E-state index contributed by atoms with van der Waals surface area (Å²) in [5.41, 5.74) is 8.80. The number of hydrogen-bond acceptors (Lipinski definition) is 3. The number of aromatic nitrogens is 1. The number of fused-ring (bicyclic) bond motifs is 1. The molecule has 3 rings (SSSR count). The summed E-state index contributed by atoms with van der Waals surface area (Å²) < 4.78 is 13.0. The van der Waals surface area contributed by atoms with Gasteiger partial charge in [0.05, 0.1) is 16.8 Å².